The van der Waals surface area contributed by atoms with Crippen molar-refractivity contribution in [3.8, 4) is 0 Å². The van der Waals surface area contributed by atoms with Crippen LogP contribution in [0.15, 0.2) is 12.4 Å². The molecular formula is C16H22N4O4. The number of aliphatic carboxylic acids is 1. The van der Waals surface area contributed by atoms with Gasteiger partial charge < -0.3 is 20.1 Å². The molecule has 1 aromatic heterocycles. The van der Waals surface area contributed by atoms with Crippen molar-refractivity contribution in [1.82, 2.24) is 15.3 Å². The van der Waals surface area contributed by atoms with Crippen LogP contribution in [0, 0.1) is 0 Å². The highest BCUT2D eigenvalue weighted by Crippen LogP contribution is 2.24. The molecule has 0 radical (unpaired) electrons. The Hall–Kier alpha value is -2.22. The Bertz CT molecular complexity index is 610. The molecule has 2 aliphatic heterocycles. The Morgan fingerprint density at radius 2 is 2.08 bits per heavy atom. The van der Waals surface area contributed by atoms with Crippen molar-refractivity contribution >= 4 is 17.7 Å². The molecule has 0 aromatic carbocycles. The number of carbonyl (C=O) groups excluding carboxylic acids is 1. The van der Waals surface area contributed by atoms with Gasteiger partial charge in [0.15, 0.2) is 0 Å². The van der Waals surface area contributed by atoms with Crippen LogP contribution in [-0.2, 0) is 9.53 Å². The minimum Gasteiger partial charge on any atom is -0.481 e. The van der Waals surface area contributed by atoms with E-state index in [2.05, 4.69) is 20.2 Å². The van der Waals surface area contributed by atoms with Crippen LogP contribution in [0.1, 0.15) is 42.6 Å². The van der Waals surface area contributed by atoms with Crippen LogP contribution in [0.4, 0.5) is 5.82 Å². The molecule has 0 spiro atoms. The lowest BCUT2D eigenvalue weighted by molar-refractivity contribution is -0.140. The third-order valence-electron chi connectivity index (χ3n) is 4.48. The number of nitrogens with one attached hydrogen (secondary N) is 1. The SMILES string of the molecule is O=C(O)CC1(NC(=O)c2cncc(N3CCCC3)n2)CCCOC1. The van der Waals surface area contributed by atoms with Gasteiger partial charge in [0.25, 0.3) is 5.91 Å². The molecule has 3 rings (SSSR count). The van der Waals surface area contributed by atoms with Gasteiger partial charge >= 0.3 is 5.97 Å². The lowest BCUT2D eigenvalue weighted by Crippen LogP contribution is -2.55. The van der Waals surface area contributed by atoms with Crippen molar-refractivity contribution in [1.29, 1.82) is 0 Å². The number of nitrogens with zero attached hydrogens (tertiary/aromatic N) is 3. The van der Waals surface area contributed by atoms with E-state index >= 15 is 0 Å². The lowest BCUT2D eigenvalue weighted by atomic mass is 9.88. The Kier molecular flexibility index (Phi) is 4.94. The summed E-state index contributed by atoms with van der Waals surface area (Å²) in [5, 5.41) is 12.0. The highest BCUT2D eigenvalue weighted by atomic mass is 16.5. The Morgan fingerprint density at radius 1 is 1.29 bits per heavy atom. The summed E-state index contributed by atoms with van der Waals surface area (Å²) < 4.78 is 5.41. The van der Waals surface area contributed by atoms with Gasteiger partial charge in [0.2, 0.25) is 0 Å². The largest absolute Gasteiger partial charge is 0.481 e. The first-order valence-electron chi connectivity index (χ1n) is 8.27. The number of ether oxygens (including phenoxy) is 1. The predicted octanol–water partition coefficient (Wildman–Crippen LogP) is 0.830. The van der Waals surface area contributed by atoms with Crippen LogP contribution in [0.5, 0.6) is 0 Å². The average Bonchev–Trinajstić information content (AvgIpc) is 3.09. The molecule has 0 aliphatic carbocycles. The number of carboxylic acids is 1. The molecule has 8 heteroatoms. The third kappa shape index (κ3) is 3.81. The molecule has 2 saturated heterocycles. The topological polar surface area (TPSA) is 105 Å². The monoisotopic (exact) mass is 334 g/mol. The number of hydrogen-bond acceptors (Lipinski definition) is 6. The van der Waals surface area contributed by atoms with Gasteiger partial charge in [0.05, 0.1) is 31.0 Å². The number of anilines is 1. The van der Waals surface area contributed by atoms with Crippen LogP contribution < -0.4 is 10.2 Å². The fraction of sp³-hybridized carbons (Fsp3) is 0.625. The zero-order valence-corrected chi connectivity index (χ0v) is 13.5. The molecular weight excluding hydrogens is 312 g/mol. The van der Waals surface area contributed by atoms with Crippen molar-refractivity contribution < 1.29 is 19.4 Å². The molecule has 8 nitrogen and oxygen atoms in total. The molecule has 0 bridgehead atoms. The fourth-order valence-corrected chi connectivity index (χ4v) is 3.29. The molecule has 2 fully saturated rings. The van der Waals surface area contributed by atoms with Gasteiger partial charge in [-0.1, -0.05) is 0 Å². The second-order valence-corrected chi connectivity index (χ2v) is 6.42. The maximum absolute atomic E-state index is 12.6. The van der Waals surface area contributed by atoms with E-state index in [4.69, 9.17) is 9.84 Å². The zero-order valence-electron chi connectivity index (χ0n) is 13.5. The molecule has 1 amide bonds. The van der Waals surface area contributed by atoms with Crippen LogP contribution >= 0.6 is 0 Å². The van der Waals surface area contributed by atoms with E-state index in [0.717, 1.165) is 25.9 Å². The first kappa shape index (κ1) is 16.6. The van der Waals surface area contributed by atoms with Gasteiger partial charge in [-0.15, -0.1) is 0 Å². The molecule has 0 saturated carbocycles. The minimum atomic E-state index is -0.960. The number of amides is 1. The molecule has 1 unspecified atom stereocenters. The number of carboxylic acid groups (broad SMARTS) is 1. The molecule has 130 valence electrons. The van der Waals surface area contributed by atoms with Crippen LogP contribution in [0.3, 0.4) is 0 Å². The summed E-state index contributed by atoms with van der Waals surface area (Å²) >= 11 is 0. The summed E-state index contributed by atoms with van der Waals surface area (Å²) in [7, 11) is 0. The number of hydrogen-bond donors (Lipinski definition) is 2. The summed E-state index contributed by atoms with van der Waals surface area (Å²) in [6.45, 7) is 2.61. The summed E-state index contributed by atoms with van der Waals surface area (Å²) in [5.74, 6) is -0.680. The van der Waals surface area contributed by atoms with Gasteiger partial charge in [0.1, 0.15) is 11.5 Å². The summed E-state index contributed by atoms with van der Waals surface area (Å²) in [6.07, 6.45) is 6.40. The fourth-order valence-electron chi connectivity index (χ4n) is 3.29. The number of aromatic nitrogens is 2. The Morgan fingerprint density at radius 3 is 2.75 bits per heavy atom. The van der Waals surface area contributed by atoms with E-state index in [1.807, 2.05) is 0 Å². The molecule has 1 atom stereocenters. The van der Waals surface area contributed by atoms with Gasteiger partial charge in [-0.3, -0.25) is 14.6 Å². The van der Waals surface area contributed by atoms with Crippen LogP contribution in [0.2, 0.25) is 0 Å². The minimum absolute atomic E-state index is 0.169. The van der Waals surface area contributed by atoms with Gasteiger partial charge in [-0.05, 0) is 25.7 Å². The normalized spacial score (nSPS) is 23.9. The maximum Gasteiger partial charge on any atom is 0.305 e. The van der Waals surface area contributed by atoms with Crippen molar-refractivity contribution in [2.75, 3.05) is 31.2 Å². The van der Waals surface area contributed by atoms with E-state index < -0.39 is 17.4 Å². The lowest BCUT2D eigenvalue weighted by Gasteiger charge is -2.36. The van der Waals surface area contributed by atoms with Gasteiger partial charge in [-0.25, -0.2) is 4.98 Å². The molecule has 24 heavy (non-hydrogen) atoms. The molecule has 2 N–H and O–H groups in total. The van der Waals surface area contributed by atoms with Gasteiger partial charge in [-0.2, -0.15) is 0 Å². The van der Waals surface area contributed by atoms with Crippen molar-refractivity contribution in [3.05, 3.63) is 18.1 Å². The van der Waals surface area contributed by atoms with E-state index in [-0.39, 0.29) is 18.7 Å². The smallest absolute Gasteiger partial charge is 0.305 e. The number of rotatable bonds is 5. The van der Waals surface area contributed by atoms with E-state index in [0.29, 0.717) is 25.3 Å². The Balaban J connectivity index is 1.75. The quantitative estimate of drug-likeness (QED) is 0.822. The maximum atomic E-state index is 12.6. The van der Waals surface area contributed by atoms with E-state index in [1.165, 1.54) is 6.20 Å². The summed E-state index contributed by atoms with van der Waals surface area (Å²) in [6, 6.07) is 0. The average molecular weight is 334 g/mol. The number of carbonyl (C=O) groups is 2. The van der Waals surface area contributed by atoms with Gasteiger partial charge in [0, 0.05) is 19.7 Å². The Labute approximate surface area is 140 Å². The van der Waals surface area contributed by atoms with Crippen LogP contribution in [0.25, 0.3) is 0 Å². The summed E-state index contributed by atoms with van der Waals surface area (Å²) in [5.41, 5.74) is -0.679. The van der Waals surface area contributed by atoms with Crippen molar-refractivity contribution in [2.24, 2.45) is 0 Å². The molecule has 2 aliphatic rings. The zero-order chi connectivity index (χ0) is 17.0. The molecule has 3 heterocycles. The highest BCUT2D eigenvalue weighted by Gasteiger charge is 2.37. The second kappa shape index (κ2) is 7.12. The first-order valence-corrected chi connectivity index (χ1v) is 8.27. The summed E-state index contributed by atoms with van der Waals surface area (Å²) in [4.78, 5) is 34.4. The third-order valence-corrected chi connectivity index (χ3v) is 4.48. The van der Waals surface area contributed by atoms with E-state index in [1.54, 1.807) is 6.20 Å². The standard InChI is InChI=1S/C16H22N4O4/c21-14(22)8-16(4-3-7-24-11-16)19-15(23)12-9-17-10-13(18-12)20-5-1-2-6-20/h9-10H,1-8,11H2,(H,19,23)(H,21,22). The van der Waals surface area contributed by atoms with E-state index in [9.17, 15) is 9.59 Å². The van der Waals surface area contributed by atoms with Crippen molar-refractivity contribution in [3.63, 3.8) is 0 Å². The second-order valence-electron chi connectivity index (χ2n) is 6.42. The van der Waals surface area contributed by atoms with Crippen LogP contribution in [-0.4, -0.2) is 58.8 Å². The van der Waals surface area contributed by atoms with Crippen molar-refractivity contribution in [2.45, 2.75) is 37.6 Å². The molecule has 1 aromatic rings. The highest BCUT2D eigenvalue weighted by molar-refractivity contribution is 5.93. The predicted molar refractivity (Wildman–Crippen MR) is 86.0 cm³/mol. The first-order chi connectivity index (χ1) is 11.6.